The fourth-order valence-electron chi connectivity index (χ4n) is 2.24. The van der Waals surface area contributed by atoms with Gasteiger partial charge in [-0.1, -0.05) is 25.1 Å². The summed E-state index contributed by atoms with van der Waals surface area (Å²) in [6, 6.07) is 9.67. The van der Waals surface area contributed by atoms with Gasteiger partial charge in [-0.3, -0.25) is 9.59 Å². The quantitative estimate of drug-likeness (QED) is 0.832. The fraction of sp³-hybridized carbons (Fsp3) is 0.353. The number of aromatic nitrogens is 2. The minimum atomic E-state index is -0.367. The Kier molecular flexibility index (Phi) is 5.51. The normalized spacial score (nSPS) is 10.4. The summed E-state index contributed by atoms with van der Waals surface area (Å²) < 4.78 is 6.68. The van der Waals surface area contributed by atoms with Crippen LogP contribution in [0, 0.1) is 13.8 Å². The average molecular weight is 315 g/mol. The Morgan fingerprint density at radius 1 is 1.22 bits per heavy atom. The van der Waals surface area contributed by atoms with E-state index in [1.54, 1.807) is 4.68 Å². The minimum absolute atomic E-state index is 0.284. The highest BCUT2D eigenvalue weighted by molar-refractivity contribution is 5.93. The molecule has 23 heavy (non-hydrogen) atoms. The van der Waals surface area contributed by atoms with Crippen molar-refractivity contribution in [3.8, 4) is 5.69 Å². The molecule has 0 radical (unpaired) electrons. The van der Waals surface area contributed by atoms with E-state index in [-0.39, 0.29) is 18.5 Å². The Labute approximate surface area is 135 Å². The van der Waals surface area contributed by atoms with Crippen molar-refractivity contribution in [1.82, 2.24) is 9.78 Å². The van der Waals surface area contributed by atoms with Crippen molar-refractivity contribution in [2.75, 3.05) is 11.9 Å². The van der Waals surface area contributed by atoms with Gasteiger partial charge in [-0.2, -0.15) is 5.10 Å². The van der Waals surface area contributed by atoms with Crippen LogP contribution in [-0.2, 0) is 14.3 Å². The molecule has 1 aromatic heterocycles. The Bertz CT molecular complexity index is 693. The van der Waals surface area contributed by atoms with Crippen molar-refractivity contribution in [3.63, 3.8) is 0 Å². The van der Waals surface area contributed by atoms with Crippen LogP contribution in [0.1, 0.15) is 31.2 Å². The Morgan fingerprint density at radius 2 is 1.91 bits per heavy atom. The maximum absolute atomic E-state index is 11.9. The van der Waals surface area contributed by atoms with Crippen LogP contribution >= 0.6 is 0 Å². The first kappa shape index (κ1) is 16.7. The number of benzene rings is 1. The predicted molar refractivity (Wildman–Crippen MR) is 87.5 cm³/mol. The van der Waals surface area contributed by atoms with Gasteiger partial charge in [0.25, 0.3) is 5.91 Å². The number of carbonyl (C=O) groups is 2. The zero-order valence-electron chi connectivity index (χ0n) is 13.6. The molecule has 0 aliphatic heterocycles. The number of nitrogens with zero attached hydrogens (tertiary/aromatic N) is 2. The number of hydrogen-bond donors (Lipinski definition) is 1. The van der Waals surface area contributed by atoms with Gasteiger partial charge in [0.05, 0.1) is 22.8 Å². The van der Waals surface area contributed by atoms with Crippen LogP contribution in [0.2, 0.25) is 0 Å². The largest absolute Gasteiger partial charge is 0.456 e. The smallest absolute Gasteiger partial charge is 0.306 e. The lowest BCUT2D eigenvalue weighted by Gasteiger charge is -2.07. The number of amides is 1. The average Bonchev–Trinajstić information content (AvgIpc) is 2.82. The maximum Gasteiger partial charge on any atom is 0.306 e. The molecule has 6 nitrogen and oxygen atoms in total. The molecule has 2 rings (SSSR count). The summed E-state index contributed by atoms with van der Waals surface area (Å²) in [7, 11) is 0. The third-order valence-electron chi connectivity index (χ3n) is 3.37. The molecule has 0 fully saturated rings. The summed E-state index contributed by atoms with van der Waals surface area (Å²) in [5.74, 6) is -0.732. The highest BCUT2D eigenvalue weighted by atomic mass is 16.5. The molecule has 0 spiro atoms. The molecular weight excluding hydrogens is 294 g/mol. The fourth-order valence-corrected chi connectivity index (χ4v) is 2.24. The van der Waals surface area contributed by atoms with Gasteiger partial charge in [-0.25, -0.2) is 4.68 Å². The second-order valence-electron chi connectivity index (χ2n) is 5.25. The van der Waals surface area contributed by atoms with Gasteiger partial charge in [0, 0.05) is 6.42 Å². The van der Waals surface area contributed by atoms with E-state index < -0.39 is 0 Å². The van der Waals surface area contributed by atoms with Gasteiger partial charge >= 0.3 is 5.97 Å². The number of nitrogens with one attached hydrogen (secondary N) is 1. The second kappa shape index (κ2) is 7.58. The van der Waals surface area contributed by atoms with Gasteiger partial charge in [0.15, 0.2) is 6.61 Å². The number of esters is 1. The lowest BCUT2D eigenvalue weighted by atomic mass is 10.3. The molecule has 122 valence electrons. The summed E-state index contributed by atoms with van der Waals surface area (Å²) in [5, 5.41) is 7.22. The van der Waals surface area contributed by atoms with Crippen molar-refractivity contribution in [2.45, 2.75) is 33.6 Å². The number of para-hydroxylation sites is 1. The third kappa shape index (κ3) is 4.18. The molecule has 0 unspecified atom stereocenters. The highest BCUT2D eigenvalue weighted by Gasteiger charge is 2.16. The summed E-state index contributed by atoms with van der Waals surface area (Å²) in [4.78, 5) is 23.3. The summed E-state index contributed by atoms with van der Waals surface area (Å²) in [6.07, 6.45) is 1.01. The van der Waals surface area contributed by atoms with Crippen LogP contribution in [0.4, 0.5) is 5.69 Å². The minimum Gasteiger partial charge on any atom is -0.456 e. The molecule has 0 saturated heterocycles. The van der Waals surface area contributed by atoms with Crippen molar-refractivity contribution >= 4 is 17.6 Å². The van der Waals surface area contributed by atoms with E-state index in [0.717, 1.165) is 11.4 Å². The van der Waals surface area contributed by atoms with Crippen molar-refractivity contribution in [3.05, 3.63) is 41.7 Å². The van der Waals surface area contributed by atoms with Crippen LogP contribution < -0.4 is 5.32 Å². The number of carbonyl (C=O) groups excluding carboxylic acids is 2. The molecule has 1 heterocycles. The summed E-state index contributed by atoms with van der Waals surface area (Å²) >= 11 is 0. The van der Waals surface area contributed by atoms with Gasteiger partial charge in [-0.05, 0) is 32.4 Å². The zero-order valence-corrected chi connectivity index (χ0v) is 13.6. The molecular formula is C17H21N3O3. The maximum atomic E-state index is 11.9. The van der Waals surface area contributed by atoms with Crippen LogP contribution in [-0.4, -0.2) is 28.3 Å². The molecule has 0 aliphatic rings. The molecule has 0 bridgehead atoms. The van der Waals surface area contributed by atoms with E-state index in [2.05, 4.69) is 10.4 Å². The lowest BCUT2D eigenvalue weighted by molar-refractivity contribution is -0.147. The SMILES string of the molecule is CCCC(=O)OCC(=O)Nc1c(C)nn(-c2ccccc2)c1C. The number of aryl methyl sites for hydroxylation is 1. The predicted octanol–water partition coefficient (Wildman–Crippen LogP) is 2.77. The van der Waals surface area contributed by atoms with E-state index in [1.807, 2.05) is 51.1 Å². The molecule has 0 saturated carbocycles. The standard InChI is InChI=1S/C17H21N3O3/c1-4-8-16(22)23-11-15(21)18-17-12(2)19-20(13(17)3)14-9-6-5-7-10-14/h5-7,9-10H,4,8,11H2,1-3H3,(H,18,21). The number of hydrogen-bond acceptors (Lipinski definition) is 4. The highest BCUT2D eigenvalue weighted by Crippen LogP contribution is 2.22. The second-order valence-corrected chi connectivity index (χ2v) is 5.25. The van der Waals surface area contributed by atoms with Crippen molar-refractivity contribution in [2.24, 2.45) is 0 Å². The lowest BCUT2D eigenvalue weighted by Crippen LogP contribution is -2.21. The van der Waals surface area contributed by atoms with Crippen LogP contribution in [0.25, 0.3) is 5.69 Å². The van der Waals surface area contributed by atoms with Crippen molar-refractivity contribution < 1.29 is 14.3 Å². The summed E-state index contributed by atoms with van der Waals surface area (Å²) in [5.41, 5.74) is 3.09. The van der Waals surface area contributed by atoms with Gasteiger partial charge in [0.1, 0.15) is 0 Å². The van der Waals surface area contributed by atoms with Crippen LogP contribution in [0.5, 0.6) is 0 Å². The van der Waals surface area contributed by atoms with E-state index >= 15 is 0 Å². The first-order chi connectivity index (χ1) is 11.0. The first-order valence-corrected chi connectivity index (χ1v) is 7.60. The molecule has 1 aromatic carbocycles. The number of anilines is 1. The molecule has 1 amide bonds. The van der Waals surface area contributed by atoms with E-state index in [4.69, 9.17) is 4.74 Å². The van der Waals surface area contributed by atoms with E-state index in [1.165, 1.54) is 0 Å². The van der Waals surface area contributed by atoms with Crippen LogP contribution in [0.3, 0.4) is 0 Å². The van der Waals surface area contributed by atoms with Gasteiger partial charge in [-0.15, -0.1) is 0 Å². The first-order valence-electron chi connectivity index (χ1n) is 7.60. The van der Waals surface area contributed by atoms with Crippen molar-refractivity contribution in [1.29, 1.82) is 0 Å². The van der Waals surface area contributed by atoms with Gasteiger partial charge < -0.3 is 10.1 Å². The Balaban J connectivity index is 2.08. The zero-order chi connectivity index (χ0) is 16.8. The number of ether oxygens (including phenoxy) is 1. The third-order valence-corrected chi connectivity index (χ3v) is 3.37. The molecule has 0 atom stereocenters. The summed E-state index contributed by atoms with van der Waals surface area (Å²) in [6.45, 7) is 5.30. The Morgan fingerprint density at radius 3 is 2.57 bits per heavy atom. The molecule has 1 N–H and O–H groups in total. The van der Waals surface area contributed by atoms with E-state index in [0.29, 0.717) is 24.2 Å². The molecule has 2 aromatic rings. The number of rotatable bonds is 6. The monoisotopic (exact) mass is 315 g/mol. The topological polar surface area (TPSA) is 73.2 Å². The molecule has 0 aliphatic carbocycles. The van der Waals surface area contributed by atoms with Crippen LogP contribution in [0.15, 0.2) is 30.3 Å². The molecule has 6 heteroatoms. The Hall–Kier alpha value is -2.63. The van der Waals surface area contributed by atoms with Gasteiger partial charge in [0.2, 0.25) is 0 Å². The van der Waals surface area contributed by atoms with E-state index in [9.17, 15) is 9.59 Å².